The van der Waals surface area contributed by atoms with Gasteiger partial charge in [-0.1, -0.05) is 0 Å². The van der Waals surface area contributed by atoms with E-state index in [2.05, 4.69) is 16.0 Å². The van der Waals surface area contributed by atoms with E-state index in [9.17, 15) is 14.4 Å². The van der Waals surface area contributed by atoms with Gasteiger partial charge in [0.25, 0.3) is 5.91 Å². The van der Waals surface area contributed by atoms with E-state index < -0.39 is 11.6 Å². The van der Waals surface area contributed by atoms with Crippen LogP contribution in [-0.2, 0) is 9.59 Å². The largest absolute Gasteiger partial charge is 0.336 e. The summed E-state index contributed by atoms with van der Waals surface area (Å²) in [5.41, 5.74) is 0.938. The predicted molar refractivity (Wildman–Crippen MR) is 70.8 cm³/mol. The molecule has 3 heterocycles. The molecule has 3 aliphatic heterocycles. The molecule has 7 nitrogen and oxygen atoms in total. The maximum absolute atomic E-state index is 12.5. The van der Waals surface area contributed by atoms with Gasteiger partial charge in [0.05, 0.1) is 6.54 Å². The zero-order valence-electron chi connectivity index (χ0n) is 11.4. The van der Waals surface area contributed by atoms with Gasteiger partial charge in [0.15, 0.2) is 0 Å². The molecule has 3 saturated heterocycles. The molecule has 0 aliphatic carbocycles. The number of rotatable bonds is 1. The molecule has 0 aromatic carbocycles. The van der Waals surface area contributed by atoms with Crippen molar-refractivity contribution in [3.63, 3.8) is 0 Å². The van der Waals surface area contributed by atoms with Gasteiger partial charge in [0.1, 0.15) is 5.54 Å². The molecule has 1 unspecified atom stereocenters. The summed E-state index contributed by atoms with van der Waals surface area (Å²) in [4.78, 5) is 37.4. The maximum Gasteiger partial charge on any atom is 0.322 e. The highest BCUT2D eigenvalue weighted by Gasteiger charge is 2.49. The molecule has 0 radical (unpaired) electrons. The Bertz CT molecular complexity index is 522. The third-order valence-corrected chi connectivity index (χ3v) is 4.32. The van der Waals surface area contributed by atoms with E-state index in [-0.39, 0.29) is 18.4 Å². The molecule has 0 bridgehead atoms. The lowest BCUT2D eigenvalue weighted by atomic mass is 9.88. The molecule has 4 amide bonds. The van der Waals surface area contributed by atoms with Crippen LogP contribution in [0.4, 0.5) is 4.79 Å². The Labute approximate surface area is 116 Å². The van der Waals surface area contributed by atoms with Crippen LogP contribution < -0.4 is 16.0 Å². The third kappa shape index (κ3) is 1.98. The van der Waals surface area contributed by atoms with Gasteiger partial charge in [-0.3, -0.25) is 14.9 Å². The van der Waals surface area contributed by atoms with Crippen LogP contribution >= 0.6 is 0 Å². The van der Waals surface area contributed by atoms with Crippen molar-refractivity contribution in [1.82, 2.24) is 20.9 Å². The lowest BCUT2D eigenvalue weighted by Gasteiger charge is -2.38. The predicted octanol–water partition coefficient (Wildman–Crippen LogP) is -0.893. The Morgan fingerprint density at radius 3 is 2.60 bits per heavy atom. The highest BCUT2D eigenvalue weighted by molar-refractivity contribution is 6.07. The number of urea groups is 1. The van der Waals surface area contributed by atoms with Crippen molar-refractivity contribution >= 4 is 17.8 Å². The van der Waals surface area contributed by atoms with Crippen molar-refractivity contribution in [3.05, 3.63) is 11.1 Å². The van der Waals surface area contributed by atoms with Crippen LogP contribution in [0.1, 0.15) is 19.8 Å². The summed E-state index contributed by atoms with van der Waals surface area (Å²) in [7, 11) is 0. The molecular formula is C13H18N4O3. The van der Waals surface area contributed by atoms with Crippen LogP contribution in [0.2, 0.25) is 0 Å². The smallest absolute Gasteiger partial charge is 0.322 e. The molecule has 3 N–H and O–H groups in total. The van der Waals surface area contributed by atoms with Gasteiger partial charge in [0, 0.05) is 25.2 Å². The number of nitrogens with zero attached hydrogens (tertiary/aromatic N) is 1. The Hall–Kier alpha value is -1.89. The third-order valence-electron chi connectivity index (χ3n) is 4.32. The number of carbonyl (C=O) groups is 3. The fourth-order valence-corrected chi connectivity index (χ4v) is 2.95. The van der Waals surface area contributed by atoms with E-state index in [0.717, 1.165) is 24.2 Å². The summed E-state index contributed by atoms with van der Waals surface area (Å²) in [6.45, 7) is 4.22. The van der Waals surface area contributed by atoms with Crippen molar-refractivity contribution in [1.29, 1.82) is 0 Å². The summed E-state index contributed by atoms with van der Waals surface area (Å²) < 4.78 is 0. The fourth-order valence-electron chi connectivity index (χ4n) is 2.95. The number of hydrogen-bond acceptors (Lipinski definition) is 4. The Morgan fingerprint density at radius 2 is 2.05 bits per heavy atom. The van der Waals surface area contributed by atoms with Crippen LogP contribution in [0, 0.1) is 0 Å². The lowest BCUT2D eigenvalue weighted by Crippen LogP contribution is -2.59. The van der Waals surface area contributed by atoms with E-state index in [1.807, 2.05) is 6.92 Å². The molecule has 1 atom stereocenters. The van der Waals surface area contributed by atoms with E-state index in [4.69, 9.17) is 0 Å². The normalized spacial score (nSPS) is 29.1. The van der Waals surface area contributed by atoms with Gasteiger partial charge >= 0.3 is 6.03 Å². The van der Waals surface area contributed by atoms with Gasteiger partial charge < -0.3 is 15.5 Å². The number of imide groups is 1. The number of amides is 4. The molecule has 108 valence electrons. The number of likely N-dealkylation sites (tertiary alicyclic amines) is 1. The number of piperidine rings is 1. The molecule has 3 rings (SSSR count). The summed E-state index contributed by atoms with van der Waals surface area (Å²) in [6.07, 6.45) is 1.28. The zero-order valence-corrected chi connectivity index (χ0v) is 11.4. The van der Waals surface area contributed by atoms with Crippen LogP contribution in [0.3, 0.4) is 0 Å². The molecule has 0 saturated carbocycles. The highest BCUT2D eigenvalue weighted by Crippen LogP contribution is 2.26. The topological polar surface area (TPSA) is 90.5 Å². The first kappa shape index (κ1) is 13.1. The Kier molecular flexibility index (Phi) is 3.01. The first-order valence-electron chi connectivity index (χ1n) is 6.84. The molecule has 1 spiro atoms. The van der Waals surface area contributed by atoms with Crippen molar-refractivity contribution in [2.24, 2.45) is 0 Å². The van der Waals surface area contributed by atoms with Gasteiger partial charge in [-0.15, -0.1) is 0 Å². The summed E-state index contributed by atoms with van der Waals surface area (Å²) in [5.74, 6) is -0.356. The SMILES string of the molecule is CC(C(=O)N1CCCC2(C1)NC(=O)NC2=O)=C1CNC1. The van der Waals surface area contributed by atoms with Crippen LogP contribution in [0.15, 0.2) is 11.1 Å². The minimum Gasteiger partial charge on any atom is -0.336 e. The molecule has 0 aromatic rings. The van der Waals surface area contributed by atoms with E-state index in [1.54, 1.807) is 4.90 Å². The minimum absolute atomic E-state index is 0.0328. The van der Waals surface area contributed by atoms with Crippen molar-refractivity contribution < 1.29 is 14.4 Å². The minimum atomic E-state index is -0.937. The lowest BCUT2D eigenvalue weighted by molar-refractivity contribution is -0.133. The molecule has 0 aromatic heterocycles. The van der Waals surface area contributed by atoms with Crippen LogP contribution in [-0.4, -0.2) is 54.5 Å². The van der Waals surface area contributed by atoms with E-state index in [0.29, 0.717) is 19.4 Å². The Morgan fingerprint density at radius 1 is 1.30 bits per heavy atom. The summed E-state index contributed by atoms with van der Waals surface area (Å²) in [6, 6.07) is -0.470. The summed E-state index contributed by atoms with van der Waals surface area (Å²) in [5, 5.41) is 8.05. The quantitative estimate of drug-likeness (QED) is 0.428. The first-order valence-corrected chi connectivity index (χ1v) is 6.84. The van der Waals surface area contributed by atoms with E-state index >= 15 is 0 Å². The van der Waals surface area contributed by atoms with Gasteiger partial charge in [-0.25, -0.2) is 4.79 Å². The van der Waals surface area contributed by atoms with Gasteiger partial charge in [-0.05, 0) is 25.3 Å². The number of hydrogen-bond donors (Lipinski definition) is 3. The second kappa shape index (κ2) is 4.59. The van der Waals surface area contributed by atoms with Crippen molar-refractivity contribution in [2.75, 3.05) is 26.2 Å². The average Bonchev–Trinajstić information content (AvgIpc) is 2.60. The molecule has 7 heteroatoms. The number of carbonyl (C=O) groups excluding carboxylic acids is 3. The molecule has 3 aliphatic rings. The summed E-state index contributed by atoms with van der Waals surface area (Å²) >= 11 is 0. The van der Waals surface area contributed by atoms with Gasteiger partial charge in [-0.2, -0.15) is 0 Å². The van der Waals surface area contributed by atoms with Crippen molar-refractivity contribution in [2.45, 2.75) is 25.3 Å². The Balaban J connectivity index is 1.77. The standard InChI is InChI=1S/C13H18N4O3/c1-8(9-5-14-6-9)10(18)17-4-2-3-13(7-17)11(19)15-12(20)16-13/h14H,2-7H2,1H3,(H2,15,16,19,20). The highest BCUT2D eigenvalue weighted by atomic mass is 16.2. The van der Waals surface area contributed by atoms with Crippen LogP contribution in [0.5, 0.6) is 0 Å². The molecule has 3 fully saturated rings. The monoisotopic (exact) mass is 278 g/mol. The molecule has 20 heavy (non-hydrogen) atoms. The second-order valence-electron chi connectivity index (χ2n) is 5.65. The van der Waals surface area contributed by atoms with E-state index in [1.165, 1.54) is 0 Å². The van der Waals surface area contributed by atoms with Crippen molar-refractivity contribution in [3.8, 4) is 0 Å². The van der Waals surface area contributed by atoms with Crippen LogP contribution in [0.25, 0.3) is 0 Å². The second-order valence-corrected chi connectivity index (χ2v) is 5.65. The molecular weight excluding hydrogens is 260 g/mol. The number of nitrogens with one attached hydrogen (secondary N) is 3. The fraction of sp³-hybridized carbons (Fsp3) is 0.615. The maximum atomic E-state index is 12.5. The average molecular weight is 278 g/mol. The van der Waals surface area contributed by atoms with Gasteiger partial charge in [0.2, 0.25) is 5.91 Å². The first-order chi connectivity index (χ1) is 9.52. The zero-order chi connectivity index (χ0) is 14.3.